The summed E-state index contributed by atoms with van der Waals surface area (Å²) in [7, 11) is 0. The molecule has 6 heteroatoms. The lowest BCUT2D eigenvalue weighted by Crippen LogP contribution is -2.01. The molecule has 1 unspecified atom stereocenters. The first-order valence-corrected chi connectivity index (χ1v) is 8.23. The number of aromatic nitrogens is 2. The number of alkyl halides is 1. The molecular weight excluding hydrogens is 394 g/mol. The molecule has 0 aliphatic carbocycles. The molecule has 3 aromatic rings. The van der Waals surface area contributed by atoms with Gasteiger partial charge in [0.25, 0.3) is 0 Å². The molecule has 0 N–H and O–H groups in total. The topological polar surface area (TPSA) is 17.8 Å². The average Bonchev–Trinajstić information content (AvgIpc) is 2.80. The van der Waals surface area contributed by atoms with E-state index in [0.717, 1.165) is 27.0 Å². The Morgan fingerprint density at radius 1 is 1.10 bits per heavy atom. The monoisotopic (exact) mass is 402 g/mol. The van der Waals surface area contributed by atoms with Crippen LogP contribution in [0.4, 0.5) is 0 Å². The molecule has 0 saturated carbocycles. The Balaban J connectivity index is 2.35. The lowest BCUT2D eigenvalue weighted by molar-refractivity contribution is 0.882. The SMILES string of the molecule is CC(Cl)c1nc2ccc(Br)cc2n1-c1ccc(Cl)c(Cl)c1. The number of hydrogen-bond acceptors (Lipinski definition) is 1. The maximum absolute atomic E-state index is 6.29. The molecule has 0 amide bonds. The van der Waals surface area contributed by atoms with Crippen LogP contribution in [0.15, 0.2) is 40.9 Å². The van der Waals surface area contributed by atoms with Crippen molar-refractivity contribution in [3.63, 3.8) is 0 Å². The Bertz CT molecular complexity index is 827. The molecule has 3 rings (SSSR count). The predicted octanol–water partition coefficient (Wildman–Crippen LogP) is 6.39. The first-order valence-electron chi connectivity index (χ1n) is 6.25. The molecule has 1 atom stereocenters. The highest BCUT2D eigenvalue weighted by Crippen LogP contribution is 2.32. The van der Waals surface area contributed by atoms with E-state index < -0.39 is 0 Å². The Morgan fingerprint density at radius 2 is 1.86 bits per heavy atom. The zero-order valence-corrected chi connectivity index (χ0v) is 14.8. The van der Waals surface area contributed by atoms with Crippen LogP contribution in [0, 0.1) is 0 Å². The van der Waals surface area contributed by atoms with Gasteiger partial charge in [0.05, 0.1) is 26.5 Å². The van der Waals surface area contributed by atoms with Gasteiger partial charge < -0.3 is 0 Å². The van der Waals surface area contributed by atoms with E-state index in [9.17, 15) is 0 Å². The molecule has 1 aromatic heterocycles. The third kappa shape index (κ3) is 2.80. The van der Waals surface area contributed by atoms with Gasteiger partial charge in [-0.05, 0) is 43.3 Å². The molecule has 0 aliphatic heterocycles. The van der Waals surface area contributed by atoms with Crippen molar-refractivity contribution in [1.82, 2.24) is 9.55 Å². The zero-order chi connectivity index (χ0) is 15.1. The summed E-state index contributed by atoms with van der Waals surface area (Å²) in [5, 5.41) is 0.788. The number of hydrogen-bond donors (Lipinski definition) is 0. The van der Waals surface area contributed by atoms with Crippen LogP contribution in [0.1, 0.15) is 18.1 Å². The second kappa shape index (κ2) is 5.81. The molecule has 0 fully saturated rings. The van der Waals surface area contributed by atoms with E-state index >= 15 is 0 Å². The van der Waals surface area contributed by atoms with Gasteiger partial charge >= 0.3 is 0 Å². The molecule has 108 valence electrons. The summed E-state index contributed by atoms with van der Waals surface area (Å²) in [6.07, 6.45) is 0. The maximum atomic E-state index is 6.29. The van der Waals surface area contributed by atoms with Crippen molar-refractivity contribution in [3.8, 4) is 5.69 Å². The van der Waals surface area contributed by atoms with Crippen LogP contribution < -0.4 is 0 Å². The van der Waals surface area contributed by atoms with Crippen molar-refractivity contribution in [2.75, 3.05) is 0 Å². The Labute approximate surface area is 145 Å². The van der Waals surface area contributed by atoms with E-state index in [1.165, 1.54) is 0 Å². The fourth-order valence-corrected chi connectivity index (χ4v) is 3.02. The van der Waals surface area contributed by atoms with Crippen molar-refractivity contribution in [2.24, 2.45) is 0 Å². The van der Waals surface area contributed by atoms with Gasteiger partial charge in [0, 0.05) is 10.2 Å². The van der Waals surface area contributed by atoms with E-state index in [4.69, 9.17) is 34.8 Å². The summed E-state index contributed by atoms with van der Waals surface area (Å²) in [4.78, 5) is 4.62. The smallest absolute Gasteiger partial charge is 0.132 e. The number of fused-ring (bicyclic) bond motifs is 1. The van der Waals surface area contributed by atoms with E-state index in [2.05, 4.69) is 20.9 Å². The molecule has 1 heterocycles. The normalized spacial score (nSPS) is 12.8. The molecule has 0 aliphatic rings. The standard InChI is InChI=1S/C15H10BrCl3N2/c1-8(17)15-20-13-5-2-9(16)6-14(13)21(15)10-3-4-11(18)12(19)7-10/h2-8H,1H3. The van der Waals surface area contributed by atoms with Crippen molar-refractivity contribution in [3.05, 3.63) is 56.7 Å². The minimum absolute atomic E-state index is 0.231. The highest BCUT2D eigenvalue weighted by molar-refractivity contribution is 9.10. The molecule has 0 saturated heterocycles. The van der Waals surface area contributed by atoms with E-state index in [1.807, 2.05) is 41.8 Å². The lowest BCUT2D eigenvalue weighted by Gasteiger charge is -2.11. The fraction of sp³-hybridized carbons (Fsp3) is 0.133. The second-order valence-corrected chi connectivity index (χ2v) is 7.04. The largest absolute Gasteiger partial charge is 0.295 e. The average molecular weight is 405 g/mol. The van der Waals surface area contributed by atoms with Gasteiger partial charge in [-0.2, -0.15) is 0 Å². The van der Waals surface area contributed by atoms with E-state index in [0.29, 0.717) is 10.0 Å². The van der Waals surface area contributed by atoms with Crippen molar-refractivity contribution in [1.29, 1.82) is 0 Å². The van der Waals surface area contributed by atoms with Gasteiger partial charge in [-0.15, -0.1) is 11.6 Å². The van der Waals surface area contributed by atoms with Crippen molar-refractivity contribution in [2.45, 2.75) is 12.3 Å². The Hall–Kier alpha value is -0.740. The minimum atomic E-state index is -0.231. The molecule has 0 radical (unpaired) electrons. The van der Waals surface area contributed by atoms with Crippen LogP contribution >= 0.6 is 50.7 Å². The first kappa shape index (κ1) is 15.2. The lowest BCUT2D eigenvalue weighted by atomic mass is 10.2. The molecular formula is C15H10BrCl3N2. The maximum Gasteiger partial charge on any atom is 0.132 e. The van der Waals surface area contributed by atoms with Gasteiger partial charge in [0.15, 0.2) is 0 Å². The molecule has 21 heavy (non-hydrogen) atoms. The Morgan fingerprint density at radius 3 is 2.52 bits per heavy atom. The fourth-order valence-electron chi connectivity index (χ4n) is 2.23. The van der Waals surface area contributed by atoms with Crippen LogP contribution in [0.25, 0.3) is 16.7 Å². The van der Waals surface area contributed by atoms with Crippen molar-refractivity contribution < 1.29 is 0 Å². The summed E-state index contributed by atoms with van der Waals surface area (Å²) < 4.78 is 2.98. The van der Waals surface area contributed by atoms with Gasteiger partial charge in [-0.3, -0.25) is 4.57 Å². The van der Waals surface area contributed by atoms with Crippen LogP contribution in [-0.4, -0.2) is 9.55 Å². The summed E-state index contributed by atoms with van der Waals surface area (Å²) in [6, 6.07) is 11.4. The quantitative estimate of drug-likeness (QED) is 0.452. The highest BCUT2D eigenvalue weighted by Gasteiger charge is 2.17. The number of benzene rings is 2. The van der Waals surface area contributed by atoms with Crippen molar-refractivity contribution >= 4 is 61.8 Å². The number of halogens is 4. The molecule has 0 spiro atoms. The van der Waals surface area contributed by atoms with Gasteiger partial charge in [-0.25, -0.2) is 4.98 Å². The molecule has 2 nitrogen and oxygen atoms in total. The minimum Gasteiger partial charge on any atom is -0.295 e. The van der Waals surface area contributed by atoms with Gasteiger partial charge in [0.2, 0.25) is 0 Å². The van der Waals surface area contributed by atoms with Crippen LogP contribution in [0.5, 0.6) is 0 Å². The van der Waals surface area contributed by atoms with Crippen LogP contribution in [0.3, 0.4) is 0 Å². The highest BCUT2D eigenvalue weighted by atomic mass is 79.9. The number of nitrogens with zero attached hydrogens (tertiary/aromatic N) is 2. The number of rotatable bonds is 2. The van der Waals surface area contributed by atoms with Gasteiger partial charge in [0.1, 0.15) is 5.82 Å². The zero-order valence-electron chi connectivity index (χ0n) is 10.9. The third-order valence-corrected chi connectivity index (χ3v) is 4.59. The predicted molar refractivity (Wildman–Crippen MR) is 93.1 cm³/mol. The summed E-state index contributed by atoms with van der Waals surface area (Å²) in [5.41, 5.74) is 2.73. The third-order valence-electron chi connectivity index (χ3n) is 3.16. The second-order valence-electron chi connectivity index (χ2n) is 4.65. The van der Waals surface area contributed by atoms with Crippen LogP contribution in [0.2, 0.25) is 10.0 Å². The summed E-state index contributed by atoms with van der Waals surface area (Å²) in [6.45, 7) is 1.89. The van der Waals surface area contributed by atoms with Gasteiger partial charge in [-0.1, -0.05) is 39.1 Å². The first-order chi connectivity index (χ1) is 9.97. The summed E-state index contributed by atoms with van der Waals surface area (Å²) >= 11 is 21.9. The molecule has 0 bridgehead atoms. The van der Waals surface area contributed by atoms with Crippen LogP contribution in [-0.2, 0) is 0 Å². The Kier molecular flexibility index (Phi) is 4.19. The molecule has 2 aromatic carbocycles. The number of imidazole rings is 1. The van der Waals surface area contributed by atoms with E-state index in [1.54, 1.807) is 6.07 Å². The summed E-state index contributed by atoms with van der Waals surface area (Å²) in [5.74, 6) is 0.767. The van der Waals surface area contributed by atoms with E-state index in [-0.39, 0.29) is 5.38 Å².